The molecule has 0 aromatic rings. The van der Waals surface area contributed by atoms with Gasteiger partial charge in [0.25, 0.3) is 0 Å². The van der Waals surface area contributed by atoms with E-state index in [1.165, 1.54) is 109 Å². The number of carbonyl (C=O) groups is 1. The van der Waals surface area contributed by atoms with Crippen molar-refractivity contribution in [2.24, 2.45) is 0 Å². The normalized spacial score (nSPS) is 12.2. The summed E-state index contributed by atoms with van der Waals surface area (Å²) in [5.74, 6) is -0.274. The number of aliphatic hydroxyl groups excluding tert-OH is 2. The minimum Gasteiger partial charge on any atom is -0.463 e. The maximum Gasteiger partial charge on any atom is 0.305 e. The van der Waals surface area contributed by atoms with Crippen molar-refractivity contribution in [3.05, 3.63) is 0 Å². The lowest BCUT2D eigenvalue weighted by atomic mass is 10.0. The van der Waals surface area contributed by atoms with Crippen LogP contribution in [0.2, 0.25) is 0 Å². The molecule has 0 saturated carbocycles. The SMILES string of the molecule is CCCCCCCCCCCCCCCCCCCCCC(=O)OC[C@@H](O)CO. The molecule has 0 radical (unpaired) electrons. The molecule has 0 unspecified atom stereocenters. The molecule has 0 aromatic heterocycles. The minimum absolute atomic E-state index is 0.103. The Morgan fingerprint density at radius 3 is 1.34 bits per heavy atom. The van der Waals surface area contributed by atoms with Crippen molar-refractivity contribution < 1.29 is 19.7 Å². The highest BCUT2D eigenvalue weighted by Crippen LogP contribution is 2.14. The average Bonchev–Trinajstić information content (AvgIpc) is 2.73. The third kappa shape index (κ3) is 23.5. The molecule has 0 rings (SSSR count). The van der Waals surface area contributed by atoms with Gasteiger partial charge in [-0.3, -0.25) is 4.79 Å². The molecule has 4 heteroatoms. The van der Waals surface area contributed by atoms with Gasteiger partial charge >= 0.3 is 5.97 Å². The predicted octanol–water partition coefficient (Wildman–Crippen LogP) is 6.70. The number of hydrogen-bond donors (Lipinski definition) is 2. The number of carbonyl (C=O) groups excluding carboxylic acids is 1. The van der Waals surface area contributed by atoms with Crippen LogP contribution in [0, 0.1) is 0 Å². The fraction of sp³-hybridized carbons (Fsp3) is 0.960. The van der Waals surface area contributed by atoms with Gasteiger partial charge in [0.1, 0.15) is 12.7 Å². The lowest BCUT2D eigenvalue weighted by molar-refractivity contribution is -0.147. The number of unbranched alkanes of at least 4 members (excludes halogenated alkanes) is 18. The monoisotopic (exact) mass is 414 g/mol. The Kier molecular flexibility index (Phi) is 23.2. The summed E-state index contributed by atoms with van der Waals surface area (Å²) < 4.78 is 4.88. The topological polar surface area (TPSA) is 66.8 Å². The van der Waals surface area contributed by atoms with Crippen LogP contribution in [0.15, 0.2) is 0 Å². The molecule has 0 aliphatic carbocycles. The minimum atomic E-state index is -0.955. The van der Waals surface area contributed by atoms with Crippen molar-refractivity contribution in [3.63, 3.8) is 0 Å². The van der Waals surface area contributed by atoms with Crippen LogP contribution in [0.3, 0.4) is 0 Å². The molecule has 0 amide bonds. The lowest BCUT2D eigenvalue weighted by Crippen LogP contribution is -2.21. The second-order valence-corrected chi connectivity index (χ2v) is 8.63. The molecule has 4 nitrogen and oxygen atoms in total. The van der Waals surface area contributed by atoms with Gasteiger partial charge in [0.2, 0.25) is 0 Å². The molecular weight excluding hydrogens is 364 g/mol. The van der Waals surface area contributed by atoms with Gasteiger partial charge in [0, 0.05) is 6.42 Å². The van der Waals surface area contributed by atoms with Crippen LogP contribution in [-0.2, 0) is 9.53 Å². The first-order valence-corrected chi connectivity index (χ1v) is 12.6. The smallest absolute Gasteiger partial charge is 0.305 e. The van der Waals surface area contributed by atoms with E-state index in [0.717, 1.165) is 12.8 Å². The van der Waals surface area contributed by atoms with E-state index < -0.39 is 6.10 Å². The fourth-order valence-electron chi connectivity index (χ4n) is 3.66. The van der Waals surface area contributed by atoms with Crippen LogP contribution in [0.25, 0.3) is 0 Å². The van der Waals surface area contributed by atoms with Crippen LogP contribution < -0.4 is 0 Å². The Balaban J connectivity index is 3.11. The molecule has 0 bridgehead atoms. The first kappa shape index (κ1) is 28.4. The summed E-state index contributed by atoms with van der Waals surface area (Å²) in [6, 6.07) is 0. The zero-order valence-electron chi connectivity index (χ0n) is 19.3. The second-order valence-electron chi connectivity index (χ2n) is 8.63. The average molecular weight is 415 g/mol. The maximum absolute atomic E-state index is 11.4. The van der Waals surface area contributed by atoms with E-state index in [9.17, 15) is 4.79 Å². The van der Waals surface area contributed by atoms with Crippen molar-refractivity contribution >= 4 is 5.97 Å². The molecule has 174 valence electrons. The zero-order chi connectivity index (χ0) is 21.4. The molecule has 0 aliphatic heterocycles. The molecular formula is C25H50O4. The van der Waals surface area contributed by atoms with E-state index >= 15 is 0 Å². The highest BCUT2D eigenvalue weighted by molar-refractivity contribution is 5.69. The lowest BCUT2D eigenvalue weighted by Gasteiger charge is -2.08. The largest absolute Gasteiger partial charge is 0.463 e. The van der Waals surface area contributed by atoms with E-state index in [0.29, 0.717) is 6.42 Å². The highest BCUT2D eigenvalue weighted by Gasteiger charge is 2.07. The highest BCUT2D eigenvalue weighted by atomic mass is 16.5. The second kappa shape index (κ2) is 23.7. The number of ether oxygens (including phenoxy) is 1. The Hall–Kier alpha value is -0.610. The molecule has 2 N–H and O–H groups in total. The van der Waals surface area contributed by atoms with Gasteiger partial charge < -0.3 is 14.9 Å². The Bertz CT molecular complexity index is 333. The van der Waals surface area contributed by atoms with E-state index in [1.54, 1.807) is 0 Å². The number of aliphatic hydroxyl groups is 2. The van der Waals surface area contributed by atoms with Crippen LogP contribution in [0.5, 0.6) is 0 Å². The Morgan fingerprint density at radius 1 is 0.655 bits per heavy atom. The van der Waals surface area contributed by atoms with Gasteiger partial charge in [-0.25, -0.2) is 0 Å². The Labute approximate surface area is 180 Å². The molecule has 1 atom stereocenters. The zero-order valence-corrected chi connectivity index (χ0v) is 19.3. The molecule has 0 fully saturated rings. The summed E-state index contributed by atoms with van der Waals surface area (Å²) in [5.41, 5.74) is 0. The molecule has 0 saturated heterocycles. The molecule has 0 heterocycles. The van der Waals surface area contributed by atoms with E-state index in [-0.39, 0.29) is 19.2 Å². The van der Waals surface area contributed by atoms with Crippen molar-refractivity contribution in [1.29, 1.82) is 0 Å². The van der Waals surface area contributed by atoms with Gasteiger partial charge in [-0.05, 0) is 6.42 Å². The number of hydrogen-bond acceptors (Lipinski definition) is 4. The maximum atomic E-state index is 11.4. The third-order valence-corrected chi connectivity index (χ3v) is 5.63. The molecule has 0 aliphatic rings. The number of rotatable bonds is 23. The van der Waals surface area contributed by atoms with Gasteiger partial charge in [0.05, 0.1) is 6.61 Å². The molecule has 0 spiro atoms. The van der Waals surface area contributed by atoms with Gasteiger partial charge in [-0.15, -0.1) is 0 Å². The number of esters is 1. The summed E-state index contributed by atoms with van der Waals surface area (Å²) in [6.07, 6.45) is 24.9. The van der Waals surface area contributed by atoms with Gasteiger partial charge in [-0.1, -0.05) is 122 Å². The van der Waals surface area contributed by atoms with Gasteiger partial charge in [0.15, 0.2) is 0 Å². The summed E-state index contributed by atoms with van der Waals surface area (Å²) in [6.45, 7) is 1.81. The predicted molar refractivity (Wildman–Crippen MR) is 122 cm³/mol. The quantitative estimate of drug-likeness (QED) is 0.144. The van der Waals surface area contributed by atoms with Gasteiger partial charge in [-0.2, -0.15) is 0 Å². The summed E-state index contributed by atoms with van der Waals surface area (Å²) in [5, 5.41) is 17.8. The fourth-order valence-corrected chi connectivity index (χ4v) is 3.66. The van der Waals surface area contributed by atoms with E-state index in [2.05, 4.69) is 6.92 Å². The summed E-state index contributed by atoms with van der Waals surface area (Å²) in [7, 11) is 0. The Morgan fingerprint density at radius 2 is 1.00 bits per heavy atom. The first-order valence-electron chi connectivity index (χ1n) is 12.6. The van der Waals surface area contributed by atoms with Crippen molar-refractivity contribution in [2.75, 3.05) is 13.2 Å². The van der Waals surface area contributed by atoms with Crippen molar-refractivity contribution in [2.45, 2.75) is 141 Å². The first-order chi connectivity index (χ1) is 14.2. The van der Waals surface area contributed by atoms with Crippen LogP contribution in [-0.4, -0.2) is 35.5 Å². The summed E-state index contributed by atoms with van der Waals surface area (Å²) in [4.78, 5) is 11.4. The molecule has 29 heavy (non-hydrogen) atoms. The van der Waals surface area contributed by atoms with Crippen LogP contribution in [0.1, 0.15) is 135 Å². The van der Waals surface area contributed by atoms with Crippen molar-refractivity contribution in [1.82, 2.24) is 0 Å². The standard InChI is InChI=1S/C25H50O4/c1-2-3-4-5-6-7-8-9-10-11-12-13-14-15-16-17-18-19-20-21-25(28)29-23-24(27)22-26/h24,26-27H,2-23H2,1H3/t24-/m0/s1. The van der Waals surface area contributed by atoms with Crippen LogP contribution >= 0.6 is 0 Å². The summed E-state index contributed by atoms with van der Waals surface area (Å²) >= 11 is 0. The molecule has 0 aromatic carbocycles. The van der Waals surface area contributed by atoms with Crippen molar-refractivity contribution in [3.8, 4) is 0 Å². The van der Waals surface area contributed by atoms with E-state index in [4.69, 9.17) is 14.9 Å². The van der Waals surface area contributed by atoms with E-state index in [1.807, 2.05) is 0 Å². The third-order valence-electron chi connectivity index (χ3n) is 5.63. The van der Waals surface area contributed by atoms with Crippen LogP contribution in [0.4, 0.5) is 0 Å².